The van der Waals surface area contributed by atoms with E-state index in [4.69, 9.17) is 26.4 Å². The summed E-state index contributed by atoms with van der Waals surface area (Å²) in [5, 5.41) is 9.61. The van der Waals surface area contributed by atoms with Gasteiger partial charge in [0.25, 0.3) is 0 Å². The van der Waals surface area contributed by atoms with Crippen molar-refractivity contribution in [2.75, 3.05) is 5.32 Å². The number of rotatable bonds is 7. The average Bonchev–Trinajstić information content (AvgIpc) is 3.34. The number of ether oxygens (including phenoxy) is 1. The van der Waals surface area contributed by atoms with Crippen molar-refractivity contribution < 1.29 is 9.53 Å². The molecule has 0 saturated carbocycles. The summed E-state index contributed by atoms with van der Waals surface area (Å²) in [6.07, 6.45) is 2.16. The predicted octanol–water partition coefficient (Wildman–Crippen LogP) is 6.82. The first-order chi connectivity index (χ1) is 18.2. The van der Waals surface area contributed by atoms with Crippen molar-refractivity contribution in [1.29, 1.82) is 0 Å². The number of halogens is 1. The van der Waals surface area contributed by atoms with Crippen LogP contribution in [0.3, 0.4) is 0 Å². The van der Waals surface area contributed by atoms with E-state index in [-0.39, 0.29) is 5.78 Å². The van der Waals surface area contributed by atoms with Crippen molar-refractivity contribution in [3.05, 3.63) is 112 Å². The number of ketones is 1. The number of fused-ring (bicyclic) bond motifs is 1. The molecule has 6 rings (SSSR count). The minimum atomic E-state index is -0.409. The summed E-state index contributed by atoms with van der Waals surface area (Å²) in [6.45, 7) is 0.436. The van der Waals surface area contributed by atoms with Crippen LogP contribution in [0.5, 0.6) is 5.75 Å². The molecular formula is C29H25ClN4O2S. The highest BCUT2D eigenvalue weighted by Gasteiger charge is 2.38. The zero-order chi connectivity index (χ0) is 25.2. The zero-order valence-corrected chi connectivity index (χ0v) is 21.6. The van der Waals surface area contributed by atoms with Crippen molar-refractivity contribution in [3.8, 4) is 5.75 Å². The summed E-state index contributed by atoms with van der Waals surface area (Å²) in [7, 11) is 0. The third kappa shape index (κ3) is 4.89. The van der Waals surface area contributed by atoms with Crippen molar-refractivity contribution in [2.45, 2.75) is 42.8 Å². The Hall–Kier alpha value is -3.55. The van der Waals surface area contributed by atoms with Crippen LogP contribution in [-0.4, -0.2) is 20.5 Å². The van der Waals surface area contributed by atoms with Gasteiger partial charge in [0, 0.05) is 34.0 Å². The fourth-order valence-corrected chi connectivity index (χ4v) is 5.93. The molecule has 0 bridgehead atoms. The van der Waals surface area contributed by atoms with E-state index in [2.05, 4.69) is 5.32 Å². The molecule has 1 unspecified atom stereocenters. The van der Waals surface area contributed by atoms with Crippen molar-refractivity contribution >= 4 is 35.1 Å². The van der Waals surface area contributed by atoms with Gasteiger partial charge < -0.3 is 10.1 Å². The molecule has 6 nitrogen and oxygen atoms in total. The zero-order valence-electron chi connectivity index (χ0n) is 20.1. The number of Topliss-reactive ketones (excluding diaryl/α,β-unsaturated/α-hetero) is 1. The molecule has 0 radical (unpaired) electrons. The number of benzene rings is 3. The van der Waals surface area contributed by atoms with Gasteiger partial charge in [-0.2, -0.15) is 4.98 Å². The first-order valence-electron chi connectivity index (χ1n) is 12.3. The number of carbonyl (C=O) groups excluding carboxylic acids is 1. The van der Waals surface area contributed by atoms with Gasteiger partial charge in [-0.25, -0.2) is 4.68 Å². The summed E-state index contributed by atoms with van der Waals surface area (Å²) in [5.74, 6) is 2.16. The fourth-order valence-electron chi connectivity index (χ4n) is 4.82. The van der Waals surface area contributed by atoms with E-state index in [1.807, 2.05) is 83.5 Å². The molecule has 1 aromatic heterocycles. The third-order valence-electron chi connectivity index (χ3n) is 6.61. The highest BCUT2D eigenvalue weighted by atomic mass is 35.5. The lowest BCUT2D eigenvalue weighted by molar-refractivity contribution is -0.116. The Bertz CT molecular complexity index is 1480. The van der Waals surface area contributed by atoms with Crippen molar-refractivity contribution in [2.24, 2.45) is 0 Å². The SMILES string of the molecule is O=C1CCCC2=C1C(c1ccccc1OCc1ccccc1)n1nc(SCc3ccccc3Cl)nc1N2. The summed E-state index contributed by atoms with van der Waals surface area (Å²) in [6, 6.07) is 25.3. The van der Waals surface area contributed by atoms with Gasteiger partial charge in [0.05, 0.1) is 0 Å². The van der Waals surface area contributed by atoms with Gasteiger partial charge in [0.1, 0.15) is 18.4 Å². The van der Waals surface area contributed by atoms with E-state index in [0.717, 1.165) is 51.6 Å². The Balaban J connectivity index is 1.36. The molecular weight excluding hydrogens is 504 g/mol. The van der Waals surface area contributed by atoms with Crippen LogP contribution in [0.1, 0.15) is 42.0 Å². The van der Waals surface area contributed by atoms with Crippen LogP contribution in [0, 0.1) is 0 Å². The van der Waals surface area contributed by atoms with Crippen LogP contribution < -0.4 is 10.1 Å². The largest absolute Gasteiger partial charge is 0.489 e. The molecule has 2 aliphatic rings. The van der Waals surface area contributed by atoms with Gasteiger partial charge in [-0.15, -0.1) is 5.10 Å². The topological polar surface area (TPSA) is 69.0 Å². The minimum absolute atomic E-state index is 0.142. The summed E-state index contributed by atoms with van der Waals surface area (Å²) in [4.78, 5) is 18.0. The van der Waals surface area contributed by atoms with E-state index >= 15 is 0 Å². The summed E-state index contributed by atoms with van der Waals surface area (Å²) < 4.78 is 8.13. The molecule has 4 aromatic rings. The Morgan fingerprint density at radius 1 is 1.00 bits per heavy atom. The number of carbonyl (C=O) groups is 1. The van der Waals surface area contributed by atoms with Crippen LogP contribution in [0.4, 0.5) is 5.95 Å². The Morgan fingerprint density at radius 2 is 1.78 bits per heavy atom. The van der Waals surface area contributed by atoms with E-state index in [1.165, 1.54) is 11.8 Å². The number of hydrogen-bond acceptors (Lipinski definition) is 6. The molecule has 1 aliphatic heterocycles. The maximum atomic E-state index is 13.2. The first kappa shape index (κ1) is 23.8. The quantitative estimate of drug-likeness (QED) is 0.265. The summed E-state index contributed by atoms with van der Waals surface area (Å²) in [5.41, 5.74) is 4.69. The highest BCUT2D eigenvalue weighted by Crippen LogP contribution is 2.43. The molecule has 186 valence electrons. The fraction of sp³-hybridized carbons (Fsp3) is 0.207. The molecule has 3 aromatic carbocycles. The lowest BCUT2D eigenvalue weighted by Gasteiger charge is -2.32. The van der Waals surface area contributed by atoms with E-state index in [0.29, 0.717) is 29.9 Å². The van der Waals surface area contributed by atoms with Crippen molar-refractivity contribution in [3.63, 3.8) is 0 Å². The molecule has 2 heterocycles. The molecule has 8 heteroatoms. The molecule has 1 aliphatic carbocycles. The Labute approximate surface area is 224 Å². The number of para-hydroxylation sites is 1. The molecule has 0 saturated heterocycles. The Morgan fingerprint density at radius 3 is 2.65 bits per heavy atom. The lowest BCUT2D eigenvalue weighted by atomic mass is 9.85. The van der Waals surface area contributed by atoms with Gasteiger partial charge in [0.15, 0.2) is 5.78 Å². The lowest BCUT2D eigenvalue weighted by Crippen LogP contribution is -2.31. The second kappa shape index (κ2) is 10.4. The molecule has 37 heavy (non-hydrogen) atoms. The van der Waals surface area contributed by atoms with E-state index in [1.54, 1.807) is 0 Å². The second-order valence-electron chi connectivity index (χ2n) is 9.05. The summed E-state index contributed by atoms with van der Waals surface area (Å²) >= 11 is 7.88. The molecule has 0 fully saturated rings. The van der Waals surface area contributed by atoms with Gasteiger partial charge >= 0.3 is 0 Å². The second-order valence-corrected chi connectivity index (χ2v) is 10.4. The van der Waals surface area contributed by atoms with Gasteiger partial charge in [-0.1, -0.05) is 90.1 Å². The number of nitrogens with one attached hydrogen (secondary N) is 1. The predicted molar refractivity (Wildman–Crippen MR) is 146 cm³/mol. The number of nitrogens with zero attached hydrogens (tertiary/aromatic N) is 3. The number of aromatic nitrogens is 3. The smallest absolute Gasteiger partial charge is 0.227 e. The molecule has 1 atom stereocenters. The Kier molecular flexibility index (Phi) is 6.72. The standard InChI is InChI=1S/C29H25ClN4O2S/c30-22-13-6-4-11-20(22)18-37-29-32-28-31-23-14-8-15-24(35)26(23)27(34(28)33-29)21-12-5-7-16-25(21)36-17-19-9-2-1-3-10-19/h1-7,9-13,16,27H,8,14-15,17-18H2,(H,31,32,33). The highest BCUT2D eigenvalue weighted by molar-refractivity contribution is 7.98. The number of hydrogen-bond donors (Lipinski definition) is 1. The molecule has 0 amide bonds. The van der Waals surface area contributed by atoms with Gasteiger partial charge in [-0.05, 0) is 36.1 Å². The monoisotopic (exact) mass is 528 g/mol. The van der Waals surface area contributed by atoms with Gasteiger partial charge in [0.2, 0.25) is 11.1 Å². The minimum Gasteiger partial charge on any atom is -0.489 e. The maximum Gasteiger partial charge on any atom is 0.227 e. The number of anilines is 1. The third-order valence-corrected chi connectivity index (χ3v) is 7.87. The van der Waals surface area contributed by atoms with Crippen LogP contribution >= 0.6 is 23.4 Å². The van der Waals surface area contributed by atoms with Crippen LogP contribution in [0.15, 0.2) is 95.3 Å². The maximum absolute atomic E-state index is 13.2. The van der Waals surface area contributed by atoms with Crippen molar-refractivity contribution in [1.82, 2.24) is 14.8 Å². The van der Waals surface area contributed by atoms with E-state index < -0.39 is 6.04 Å². The van der Waals surface area contributed by atoms with Crippen LogP contribution in [0.2, 0.25) is 5.02 Å². The average molecular weight is 529 g/mol. The number of thioether (sulfide) groups is 1. The normalized spacial score (nSPS) is 16.7. The van der Waals surface area contributed by atoms with E-state index in [9.17, 15) is 4.79 Å². The molecule has 1 N–H and O–H groups in total. The van der Waals surface area contributed by atoms with Gasteiger partial charge in [-0.3, -0.25) is 4.79 Å². The van der Waals surface area contributed by atoms with Crippen LogP contribution in [-0.2, 0) is 17.2 Å². The number of allylic oxidation sites excluding steroid dienone is 2. The molecule has 0 spiro atoms. The first-order valence-corrected chi connectivity index (χ1v) is 13.7. The van der Waals surface area contributed by atoms with Crippen LogP contribution in [0.25, 0.3) is 0 Å².